The van der Waals surface area contributed by atoms with Gasteiger partial charge in [-0.1, -0.05) is 51.1 Å². The lowest BCUT2D eigenvalue weighted by Crippen LogP contribution is -2.12. The maximum absolute atomic E-state index is 12.0. The minimum atomic E-state index is -0.327. The van der Waals surface area contributed by atoms with Crippen molar-refractivity contribution in [1.82, 2.24) is 0 Å². The summed E-state index contributed by atoms with van der Waals surface area (Å²) in [6, 6.07) is 16.7. The Morgan fingerprint density at radius 3 is 2.00 bits per heavy atom. The molecular weight excluding hydrogens is 236 g/mol. The van der Waals surface area contributed by atoms with Crippen molar-refractivity contribution < 1.29 is 9.53 Å². The van der Waals surface area contributed by atoms with Gasteiger partial charge in [-0.3, -0.25) is 0 Å². The summed E-state index contributed by atoms with van der Waals surface area (Å²) >= 11 is 0. The van der Waals surface area contributed by atoms with Gasteiger partial charge >= 0.3 is 5.97 Å². The Morgan fingerprint density at radius 1 is 0.895 bits per heavy atom. The number of rotatable bonds is 2. The Hall–Kier alpha value is -2.09. The van der Waals surface area contributed by atoms with E-state index in [1.807, 2.05) is 42.5 Å². The van der Waals surface area contributed by atoms with Crippen molar-refractivity contribution in [3.63, 3.8) is 0 Å². The molecule has 2 aromatic rings. The van der Waals surface area contributed by atoms with Crippen LogP contribution in [0, 0.1) is 0 Å². The molecule has 0 N–H and O–H groups in total. The first-order valence-corrected chi connectivity index (χ1v) is 6.34. The molecule has 2 nitrogen and oxygen atoms in total. The molecule has 0 atom stereocenters. The summed E-state index contributed by atoms with van der Waals surface area (Å²) in [5, 5.41) is 0. The van der Waals surface area contributed by atoms with E-state index in [-0.39, 0.29) is 11.4 Å². The first-order chi connectivity index (χ1) is 8.97. The van der Waals surface area contributed by atoms with Gasteiger partial charge in [0.1, 0.15) is 5.75 Å². The van der Waals surface area contributed by atoms with Crippen LogP contribution in [0.5, 0.6) is 5.75 Å². The van der Waals surface area contributed by atoms with Crippen LogP contribution in [0.15, 0.2) is 54.6 Å². The molecule has 0 aliphatic carbocycles. The zero-order valence-electron chi connectivity index (χ0n) is 11.5. The van der Waals surface area contributed by atoms with Crippen LogP contribution >= 0.6 is 0 Å². The van der Waals surface area contributed by atoms with Crippen LogP contribution in [-0.4, -0.2) is 5.97 Å². The van der Waals surface area contributed by atoms with E-state index in [1.54, 1.807) is 12.1 Å². The van der Waals surface area contributed by atoms with Crippen molar-refractivity contribution in [3.05, 3.63) is 65.7 Å². The Bertz CT molecular complexity index is 548. The molecule has 0 heterocycles. The summed E-state index contributed by atoms with van der Waals surface area (Å²) in [5.74, 6) is 0.235. The summed E-state index contributed by atoms with van der Waals surface area (Å²) < 4.78 is 5.29. The molecule has 0 spiro atoms. The second kappa shape index (κ2) is 5.27. The molecule has 0 bridgehead atoms. The maximum Gasteiger partial charge on any atom is 0.343 e. The molecule has 0 unspecified atom stereocenters. The quantitative estimate of drug-likeness (QED) is 0.593. The van der Waals surface area contributed by atoms with Crippen LogP contribution < -0.4 is 4.74 Å². The van der Waals surface area contributed by atoms with Crippen LogP contribution in [0.1, 0.15) is 36.7 Å². The smallest absolute Gasteiger partial charge is 0.343 e. The number of hydrogen-bond donors (Lipinski definition) is 0. The first kappa shape index (κ1) is 13.3. The number of benzene rings is 2. The van der Waals surface area contributed by atoms with Crippen LogP contribution in [0.2, 0.25) is 0 Å². The van der Waals surface area contributed by atoms with Crippen molar-refractivity contribution in [3.8, 4) is 5.75 Å². The van der Waals surface area contributed by atoms with Gasteiger partial charge in [0.05, 0.1) is 5.56 Å². The molecular formula is C17H18O2. The highest BCUT2D eigenvalue weighted by atomic mass is 16.5. The van der Waals surface area contributed by atoms with Gasteiger partial charge in [0, 0.05) is 0 Å². The van der Waals surface area contributed by atoms with Gasteiger partial charge in [-0.25, -0.2) is 4.79 Å². The minimum absolute atomic E-state index is 0.0852. The van der Waals surface area contributed by atoms with Gasteiger partial charge in [0.2, 0.25) is 0 Å². The van der Waals surface area contributed by atoms with Crippen LogP contribution in [0.3, 0.4) is 0 Å². The van der Waals surface area contributed by atoms with E-state index in [4.69, 9.17) is 4.74 Å². The van der Waals surface area contributed by atoms with Gasteiger partial charge in [-0.2, -0.15) is 0 Å². The van der Waals surface area contributed by atoms with E-state index < -0.39 is 0 Å². The fraction of sp³-hybridized carbons (Fsp3) is 0.235. The van der Waals surface area contributed by atoms with E-state index >= 15 is 0 Å². The number of carbonyl (C=O) groups is 1. The lowest BCUT2D eigenvalue weighted by molar-refractivity contribution is 0.0734. The monoisotopic (exact) mass is 254 g/mol. The molecule has 0 radical (unpaired) electrons. The van der Waals surface area contributed by atoms with Gasteiger partial charge in [0.25, 0.3) is 0 Å². The van der Waals surface area contributed by atoms with Crippen molar-refractivity contribution in [2.24, 2.45) is 0 Å². The topological polar surface area (TPSA) is 26.3 Å². The molecule has 0 aliphatic heterocycles. The molecule has 0 fully saturated rings. The summed E-state index contributed by atoms with van der Waals surface area (Å²) in [7, 11) is 0. The number of ether oxygens (including phenoxy) is 1. The Morgan fingerprint density at radius 2 is 1.47 bits per heavy atom. The van der Waals surface area contributed by atoms with Crippen molar-refractivity contribution in [1.29, 1.82) is 0 Å². The normalized spacial score (nSPS) is 11.1. The summed E-state index contributed by atoms with van der Waals surface area (Å²) in [6.45, 7) is 6.43. The average Bonchev–Trinajstić information content (AvgIpc) is 2.39. The van der Waals surface area contributed by atoms with Crippen LogP contribution in [0.4, 0.5) is 0 Å². The number of carbonyl (C=O) groups excluding carboxylic acids is 1. The molecule has 2 aromatic carbocycles. The largest absolute Gasteiger partial charge is 0.423 e. The van der Waals surface area contributed by atoms with Crippen molar-refractivity contribution >= 4 is 5.97 Å². The molecule has 0 aromatic heterocycles. The second-order valence-electron chi connectivity index (χ2n) is 5.53. The summed E-state index contributed by atoms with van der Waals surface area (Å²) in [4.78, 5) is 12.0. The SMILES string of the molecule is CC(C)(C)c1ccc(C(=O)Oc2ccccc2)cc1. The molecule has 2 heteroatoms. The van der Waals surface area contributed by atoms with Crippen LogP contribution in [0.25, 0.3) is 0 Å². The lowest BCUT2D eigenvalue weighted by atomic mass is 9.87. The molecule has 0 saturated heterocycles. The highest BCUT2D eigenvalue weighted by Crippen LogP contribution is 2.22. The zero-order valence-corrected chi connectivity index (χ0v) is 11.5. The lowest BCUT2D eigenvalue weighted by Gasteiger charge is -2.18. The molecule has 19 heavy (non-hydrogen) atoms. The predicted octanol–water partition coefficient (Wildman–Crippen LogP) is 4.20. The number of para-hydroxylation sites is 1. The standard InChI is InChI=1S/C17H18O2/c1-17(2,3)14-11-9-13(10-12-14)16(18)19-15-7-5-4-6-8-15/h4-12H,1-3H3. The highest BCUT2D eigenvalue weighted by molar-refractivity contribution is 5.91. The Labute approximate surface area is 114 Å². The number of hydrogen-bond acceptors (Lipinski definition) is 2. The molecule has 0 amide bonds. The second-order valence-corrected chi connectivity index (χ2v) is 5.53. The average molecular weight is 254 g/mol. The van der Waals surface area contributed by atoms with Crippen LogP contribution in [-0.2, 0) is 5.41 Å². The Balaban J connectivity index is 2.12. The minimum Gasteiger partial charge on any atom is -0.423 e. The molecule has 0 saturated carbocycles. The van der Waals surface area contributed by atoms with Gasteiger partial charge < -0.3 is 4.74 Å². The molecule has 2 rings (SSSR count). The Kier molecular flexibility index (Phi) is 3.70. The maximum atomic E-state index is 12.0. The fourth-order valence-corrected chi connectivity index (χ4v) is 1.76. The van der Waals surface area contributed by atoms with Crippen molar-refractivity contribution in [2.75, 3.05) is 0 Å². The van der Waals surface area contributed by atoms with Gasteiger partial charge in [-0.05, 0) is 35.2 Å². The van der Waals surface area contributed by atoms with E-state index in [2.05, 4.69) is 20.8 Å². The van der Waals surface area contributed by atoms with E-state index in [0.29, 0.717) is 11.3 Å². The van der Waals surface area contributed by atoms with E-state index in [0.717, 1.165) is 0 Å². The zero-order chi connectivity index (χ0) is 13.9. The first-order valence-electron chi connectivity index (χ1n) is 6.34. The summed E-state index contributed by atoms with van der Waals surface area (Å²) in [6.07, 6.45) is 0. The van der Waals surface area contributed by atoms with E-state index in [9.17, 15) is 4.79 Å². The fourth-order valence-electron chi connectivity index (χ4n) is 1.76. The molecule has 0 aliphatic rings. The predicted molar refractivity (Wildman–Crippen MR) is 76.5 cm³/mol. The number of esters is 1. The van der Waals surface area contributed by atoms with Crippen molar-refractivity contribution in [2.45, 2.75) is 26.2 Å². The third-order valence-corrected chi connectivity index (χ3v) is 2.94. The van der Waals surface area contributed by atoms with Gasteiger partial charge in [0.15, 0.2) is 0 Å². The third-order valence-electron chi connectivity index (χ3n) is 2.94. The highest BCUT2D eigenvalue weighted by Gasteiger charge is 2.14. The third kappa shape index (κ3) is 3.44. The summed E-state index contributed by atoms with van der Waals surface area (Å²) in [5.41, 5.74) is 1.85. The van der Waals surface area contributed by atoms with Gasteiger partial charge in [-0.15, -0.1) is 0 Å². The van der Waals surface area contributed by atoms with E-state index in [1.165, 1.54) is 5.56 Å². The molecule has 98 valence electrons.